The number of hydrogen-bond acceptors (Lipinski definition) is 5. The van der Waals surface area contributed by atoms with Gasteiger partial charge < -0.3 is 15.4 Å². The van der Waals surface area contributed by atoms with Gasteiger partial charge in [0.1, 0.15) is 5.54 Å². The molecule has 2 rings (SSSR count). The van der Waals surface area contributed by atoms with Crippen LogP contribution in [-0.2, 0) is 19.1 Å². The molecule has 1 aliphatic rings. The Kier molecular flexibility index (Phi) is 6.09. The molecule has 0 spiro atoms. The summed E-state index contributed by atoms with van der Waals surface area (Å²) in [6, 6.07) is 3.93. The number of anilines is 1. The highest BCUT2D eigenvalue weighted by atomic mass is 35.5. The van der Waals surface area contributed by atoms with Crippen molar-refractivity contribution in [3.8, 4) is 0 Å². The molecular weight excluding hydrogens is 385 g/mol. The first kappa shape index (κ1) is 20.0. The molecule has 0 atom stereocenters. The first-order valence-electron chi connectivity index (χ1n) is 7.64. The van der Waals surface area contributed by atoms with E-state index in [9.17, 15) is 19.2 Å². The van der Waals surface area contributed by atoms with Crippen molar-refractivity contribution in [2.75, 3.05) is 18.5 Å². The van der Waals surface area contributed by atoms with E-state index in [0.717, 1.165) is 4.90 Å². The molecule has 0 unspecified atom stereocenters. The van der Waals surface area contributed by atoms with Crippen LogP contribution in [0.25, 0.3) is 0 Å². The summed E-state index contributed by atoms with van der Waals surface area (Å²) in [4.78, 5) is 48.1. The number of esters is 1. The lowest BCUT2D eigenvalue weighted by Gasteiger charge is -2.15. The maximum atomic E-state index is 12.0. The zero-order valence-corrected chi connectivity index (χ0v) is 15.6. The zero-order chi connectivity index (χ0) is 19.5. The third-order valence-electron chi connectivity index (χ3n) is 3.49. The number of carbonyl (C=O) groups is 4. The van der Waals surface area contributed by atoms with E-state index in [1.165, 1.54) is 18.2 Å². The molecule has 1 heterocycles. The van der Waals surface area contributed by atoms with Crippen LogP contribution in [0.15, 0.2) is 18.2 Å². The topological polar surface area (TPSA) is 105 Å². The van der Waals surface area contributed by atoms with Crippen molar-refractivity contribution in [3.63, 3.8) is 0 Å². The van der Waals surface area contributed by atoms with Crippen molar-refractivity contribution >= 4 is 52.7 Å². The van der Waals surface area contributed by atoms with Crippen LogP contribution >= 0.6 is 23.2 Å². The van der Waals surface area contributed by atoms with Crippen LogP contribution in [0.5, 0.6) is 0 Å². The summed E-state index contributed by atoms with van der Waals surface area (Å²) < 4.78 is 4.83. The van der Waals surface area contributed by atoms with Gasteiger partial charge in [-0.3, -0.25) is 19.3 Å². The fourth-order valence-corrected chi connectivity index (χ4v) is 2.79. The molecule has 10 heteroatoms. The van der Waals surface area contributed by atoms with Gasteiger partial charge in [0.25, 0.3) is 11.8 Å². The maximum absolute atomic E-state index is 12.0. The van der Waals surface area contributed by atoms with Gasteiger partial charge in [-0.25, -0.2) is 4.79 Å². The van der Waals surface area contributed by atoms with Crippen LogP contribution in [0.1, 0.15) is 20.3 Å². The second kappa shape index (κ2) is 7.92. The van der Waals surface area contributed by atoms with Gasteiger partial charge in [0.15, 0.2) is 6.61 Å². The van der Waals surface area contributed by atoms with E-state index in [0.29, 0.717) is 15.7 Å². The molecule has 140 valence electrons. The number of imide groups is 1. The van der Waals surface area contributed by atoms with Gasteiger partial charge >= 0.3 is 12.0 Å². The molecule has 1 aromatic rings. The summed E-state index contributed by atoms with van der Waals surface area (Å²) in [5.74, 6) is -1.71. The van der Waals surface area contributed by atoms with Crippen LogP contribution in [0, 0.1) is 0 Å². The number of benzene rings is 1. The molecular formula is C16H17Cl2N3O5. The fourth-order valence-electron chi connectivity index (χ4n) is 2.27. The van der Waals surface area contributed by atoms with Crippen molar-refractivity contribution in [2.45, 2.75) is 25.8 Å². The van der Waals surface area contributed by atoms with Crippen molar-refractivity contribution < 1.29 is 23.9 Å². The average Bonchev–Trinajstić information content (AvgIpc) is 2.70. The Hall–Kier alpha value is -2.32. The number of nitrogens with one attached hydrogen (secondary N) is 2. The Morgan fingerprint density at radius 1 is 1.19 bits per heavy atom. The Bertz CT molecular complexity index is 746. The van der Waals surface area contributed by atoms with Gasteiger partial charge in [0.2, 0.25) is 0 Å². The van der Waals surface area contributed by atoms with E-state index in [-0.39, 0.29) is 13.0 Å². The Morgan fingerprint density at radius 3 is 2.35 bits per heavy atom. The van der Waals surface area contributed by atoms with E-state index in [2.05, 4.69) is 10.6 Å². The normalized spacial score (nSPS) is 15.6. The summed E-state index contributed by atoms with van der Waals surface area (Å²) in [5.41, 5.74) is -0.635. The van der Waals surface area contributed by atoms with Crippen molar-refractivity contribution in [2.24, 2.45) is 0 Å². The van der Waals surface area contributed by atoms with Crippen LogP contribution in [0.4, 0.5) is 10.5 Å². The summed E-state index contributed by atoms with van der Waals surface area (Å²) in [6.07, 6.45) is -0.217. The lowest BCUT2D eigenvalue weighted by molar-refractivity contribution is -0.147. The van der Waals surface area contributed by atoms with Gasteiger partial charge in [0, 0.05) is 22.3 Å². The van der Waals surface area contributed by atoms with E-state index in [4.69, 9.17) is 27.9 Å². The van der Waals surface area contributed by atoms with Gasteiger partial charge in [0.05, 0.1) is 6.42 Å². The standard InChI is InChI=1S/C16H17Cl2N3O5/c1-16(2)14(24)21(15(25)20-16)4-3-13(23)26-8-12(22)19-11-6-9(17)5-10(18)7-11/h5-7H,3-4,8H2,1-2H3,(H,19,22)(H,20,25). The summed E-state index contributed by atoms with van der Waals surface area (Å²) >= 11 is 11.6. The number of carbonyl (C=O) groups excluding carboxylic acids is 4. The van der Waals surface area contributed by atoms with Crippen LogP contribution in [0.2, 0.25) is 10.0 Å². The number of ether oxygens (including phenoxy) is 1. The van der Waals surface area contributed by atoms with Crippen LogP contribution in [0.3, 0.4) is 0 Å². The smallest absolute Gasteiger partial charge is 0.325 e. The van der Waals surface area contributed by atoms with Gasteiger partial charge in [-0.2, -0.15) is 0 Å². The monoisotopic (exact) mass is 401 g/mol. The van der Waals surface area contributed by atoms with E-state index in [1.807, 2.05) is 0 Å². The first-order valence-corrected chi connectivity index (χ1v) is 8.40. The SMILES string of the molecule is CC1(C)NC(=O)N(CCC(=O)OCC(=O)Nc2cc(Cl)cc(Cl)c2)C1=O. The van der Waals surface area contributed by atoms with Crippen LogP contribution < -0.4 is 10.6 Å². The molecule has 0 aliphatic carbocycles. The number of rotatable bonds is 6. The number of nitrogens with zero attached hydrogens (tertiary/aromatic N) is 1. The quantitative estimate of drug-likeness (QED) is 0.561. The molecule has 0 aromatic heterocycles. The second-order valence-corrected chi connectivity index (χ2v) is 7.00. The number of amides is 4. The number of urea groups is 1. The molecule has 8 nitrogen and oxygen atoms in total. The minimum atomic E-state index is -1.00. The Labute approximate surface area is 159 Å². The molecule has 1 aliphatic heterocycles. The lowest BCUT2D eigenvalue weighted by Crippen LogP contribution is -2.40. The lowest BCUT2D eigenvalue weighted by atomic mass is 10.1. The predicted molar refractivity (Wildman–Crippen MR) is 95.0 cm³/mol. The molecule has 1 fully saturated rings. The largest absolute Gasteiger partial charge is 0.456 e. The Morgan fingerprint density at radius 2 is 1.81 bits per heavy atom. The predicted octanol–water partition coefficient (Wildman–Crippen LogP) is 2.20. The maximum Gasteiger partial charge on any atom is 0.325 e. The molecule has 1 aromatic carbocycles. The molecule has 4 amide bonds. The summed E-state index contributed by atoms with van der Waals surface area (Å²) in [5, 5.41) is 5.69. The van der Waals surface area contributed by atoms with E-state index >= 15 is 0 Å². The third-order valence-corrected chi connectivity index (χ3v) is 3.93. The van der Waals surface area contributed by atoms with Crippen LogP contribution in [-0.4, -0.2) is 47.4 Å². The zero-order valence-electron chi connectivity index (χ0n) is 14.1. The summed E-state index contributed by atoms with van der Waals surface area (Å²) in [7, 11) is 0. The van der Waals surface area contributed by atoms with Crippen molar-refractivity contribution in [1.29, 1.82) is 0 Å². The number of halogens is 2. The third kappa shape index (κ3) is 5.09. The molecule has 2 N–H and O–H groups in total. The molecule has 0 radical (unpaired) electrons. The van der Waals surface area contributed by atoms with Gasteiger partial charge in [-0.15, -0.1) is 0 Å². The molecule has 26 heavy (non-hydrogen) atoms. The van der Waals surface area contributed by atoms with Gasteiger partial charge in [-0.1, -0.05) is 23.2 Å². The first-order chi connectivity index (χ1) is 12.1. The molecule has 1 saturated heterocycles. The highest BCUT2D eigenvalue weighted by Gasteiger charge is 2.44. The summed E-state index contributed by atoms with van der Waals surface area (Å²) in [6.45, 7) is 2.49. The van der Waals surface area contributed by atoms with E-state index < -0.39 is 36.0 Å². The van der Waals surface area contributed by atoms with Crippen molar-refractivity contribution in [1.82, 2.24) is 10.2 Å². The second-order valence-electron chi connectivity index (χ2n) is 6.13. The van der Waals surface area contributed by atoms with E-state index in [1.54, 1.807) is 13.8 Å². The highest BCUT2D eigenvalue weighted by molar-refractivity contribution is 6.35. The highest BCUT2D eigenvalue weighted by Crippen LogP contribution is 2.22. The average molecular weight is 402 g/mol. The fraction of sp³-hybridized carbons (Fsp3) is 0.375. The molecule has 0 bridgehead atoms. The Balaban J connectivity index is 1.77. The van der Waals surface area contributed by atoms with Crippen molar-refractivity contribution in [3.05, 3.63) is 28.2 Å². The minimum absolute atomic E-state index is 0.127. The minimum Gasteiger partial charge on any atom is -0.456 e. The number of hydrogen-bond donors (Lipinski definition) is 2. The molecule has 0 saturated carbocycles. The van der Waals surface area contributed by atoms with Gasteiger partial charge in [-0.05, 0) is 32.0 Å².